The van der Waals surface area contributed by atoms with Gasteiger partial charge in [0, 0.05) is 24.8 Å². The molecule has 0 radical (unpaired) electrons. The van der Waals surface area contributed by atoms with E-state index in [4.69, 9.17) is 5.26 Å². The normalized spacial score (nSPS) is 17.7. The number of hydrogen-bond donors (Lipinski definition) is 0. The van der Waals surface area contributed by atoms with Crippen molar-refractivity contribution < 1.29 is 4.79 Å². The predicted molar refractivity (Wildman–Crippen MR) is 84.7 cm³/mol. The zero-order valence-electron chi connectivity index (χ0n) is 13.0. The second-order valence-electron chi connectivity index (χ2n) is 5.64. The predicted octanol–water partition coefficient (Wildman–Crippen LogP) is 2.95. The van der Waals surface area contributed by atoms with Crippen LogP contribution in [-0.4, -0.2) is 27.1 Å². The first-order valence-corrected chi connectivity index (χ1v) is 8.21. The molecule has 3 heterocycles. The van der Waals surface area contributed by atoms with Gasteiger partial charge in [-0.15, -0.1) is 11.3 Å². The first-order valence-electron chi connectivity index (χ1n) is 7.33. The van der Waals surface area contributed by atoms with Crippen molar-refractivity contribution in [2.75, 3.05) is 6.54 Å². The fourth-order valence-corrected chi connectivity index (χ4v) is 4.07. The third-order valence-corrected chi connectivity index (χ3v) is 5.29. The van der Waals surface area contributed by atoms with Gasteiger partial charge in [-0.25, -0.2) is 0 Å². The SMILES string of the molecule is Cc1nn(C)c(C)c1[C@H]1CCCN1C(=O)c1sccc1C#N. The molecule has 22 heavy (non-hydrogen) atoms. The summed E-state index contributed by atoms with van der Waals surface area (Å²) >= 11 is 1.35. The van der Waals surface area contributed by atoms with Gasteiger partial charge in [0.15, 0.2) is 0 Å². The first-order chi connectivity index (χ1) is 10.5. The monoisotopic (exact) mass is 314 g/mol. The van der Waals surface area contributed by atoms with Gasteiger partial charge in [-0.1, -0.05) is 0 Å². The quantitative estimate of drug-likeness (QED) is 0.856. The Morgan fingerprint density at radius 3 is 2.91 bits per heavy atom. The maximum Gasteiger partial charge on any atom is 0.265 e. The van der Waals surface area contributed by atoms with Crippen LogP contribution in [0.1, 0.15) is 51.1 Å². The molecule has 0 unspecified atom stereocenters. The summed E-state index contributed by atoms with van der Waals surface area (Å²) in [4.78, 5) is 15.3. The fraction of sp³-hybridized carbons (Fsp3) is 0.438. The van der Waals surface area contributed by atoms with E-state index in [1.807, 2.05) is 30.5 Å². The number of aromatic nitrogens is 2. The van der Waals surface area contributed by atoms with E-state index in [9.17, 15) is 4.79 Å². The summed E-state index contributed by atoms with van der Waals surface area (Å²) in [6.45, 7) is 4.78. The molecule has 3 rings (SSSR count). The zero-order chi connectivity index (χ0) is 15.9. The Kier molecular flexibility index (Phi) is 3.75. The van der Waals surface area contributed by atoms with Crippen molar-refractivity contribution in [3.8, 4) is 6.07 Å². The molecule has 114 valence electrons. The molecule has 1 aliphatic rings. The van der Waals surface area contributed by atoms with Crippen molar-refractivity contribution in [2.24, 2.45) is 7.05 Å². The fourth-order valence-electron chi connectivity index (χ4n) is 3.28. The van der Waals surface area contributed by atoms with Crippen LogP contribution in [0.25, 0.3) is 0 Å². The Bertz CT molecular complexity index is 768. The van der Waals surface area contributed by atoms with Gasteiger partial charge >= 0.3 is 0 Å². The highest BCUT2D eigenvalue weighted by Crippen LogP contribution is 2.37. The average molecular weight is 314 g/mol. The molecule has 6 heteroatoms. The lowest BCUT2D eigenvalue weighted by atomic mass is 10.0. The minimum atomic E-state index is -0.0308. The largest absolute Gasteiger partial charge is 0.331 e. The van der Waals surface area contributed by atoms with E-state index in [-0.39, 0.29) is 11.9 Å². The van der Waals surface area contributed by atoms with Gasteiger partial charge in [-0.05, 0) is 38.1 Å². The summed E-state index contributed by atoms with van der Waals surface area (Å²) in [6, 6.07) is 3.88. The summed E-state index contributed by atoms with van der Waals surface area (Å²) < 4.78 is 1.87. The lowest BCUT2D eigenvalue weighted by Crippen LogP contribution is -2.31. The Balaban J connectivity index is 1.97. The van der Waals surface area contributed by atoms with E-state index in [1.54, 1.807) is 11.4 Å². The molecule has 0 aromatic carbocycles. The molecule has 1 fully saturated rings. The van der Waals surface area contributed by atoms with Crippen LogP contribution in [0.5, 0.6) is 0 Å². The lowest BCUT2D eigenvalue weighted by Gasteiger charge is -2.25. The van der Waals surface area contributed by atoms with Gasteiger partial charge in [0.25, 0.3) is 5.91 Å². The van der Waals surface area contributed by atoms with E-state index in [1.165, 1.54) is 11.3 Å². The highest BCUT2D eigenvalue weighted by Gasteiger charge is 2.35. The molecule has 0 bridgehead atoms. The highest BCUT2D eigenvalue weighted by molar-refractivity contribution is 7.12. The molecule has 0 N–H and O–H groups in total. The summed E-state index contributed by atoms with van der Waals surface area (Å²) in [7, 11) is 1.93. The molecule has 1 amide bonds. The van der Waals surface area contributed by atoms with Crippen LogP contribution in [0.2, 0.25) is 0 Å². The number of aryl methyl sites for hydroxylation is 2. The van der Waals surface area contributed by atoms with Gasteiger partial charge in [0.05, 0.1) is 17.3 Å². The number of hydrogen-bond acceptors (Lipinski definition) is 4. The molecule has 2 aromatic rings. The Hall–Kier alpha value is -2.13. The number of carbonyl (C=O) groups excluding carboxylic acids is 1. The Labute approximate surface area is 133 Å². The maximum atomic E-state index is 12.9. The molecular formula is C16H18N4OS. The Morgan fingerprint density at radius 2 is 2.27 bits per heavy atom. The second kappa shape index (κ2) is 5.58. The van der Waals surface area contributed by atoms with Gasteiger partial charge < -0.3 is 4.90 Å². The molecule has 0 spiro atoms. The number of nitrogens with zero attached hydrogens (tertiary/aromatic N) is 4. The van der Waals surface area contributed by atoms with Gasteiger partial charge in [-0.2, -0.15) is 10.4 Å². The van der Waals surface area contributed by atoms with Crippen LogP contribution >= 0.6 is 11.3 Å². The highest BCUT2D eigenvalue weighted by atomic mass is 32.1. The van der Waals surface area contributed by atoms with Crippen molar-refractivity contribution in [3.05, 3.63) is 38.8 Å². The minimum absolute atomic E-state index is 0.0308. The minimum Gasteiger partial charge on any atom is -0.331 e. The zero-order valence-corrected chi connectivity index (χ0v) is 13.8. The number of rotatable bonds is 2. The summed E-state index contributed by atoms with van der Waals surface area (Å²) in [5, 5.41) is 15.4. The van der Waals surface area contributed by atoms with Crippen LogP contribution in [0.15, 0.2) is 11.4 Å². The average Bonchev–Trinajstić information content (AvgIpc) is 3.19. The maximum absolute atomic E-state index is 12.9. The van der Waals surface area contributed by atoms with Crippen molar-refractivity contribution in [1.82, 2.24) is 14.7 Å². The van der Waals surface area contributed by atoms with Crippen molar-refractivity contribution in [3.63, 3.8) is 0 Å². The smallest absolute Gasteiger partial charge is 0.265 e. The summed E-state index contributed by atoms with van der Waals surface area (Å²) in [5.74, 6) is -0.0308. The Morgan fingerprint density at radius 1 is 1.50 bits per heavy atom. The summed E-state index contributed by atoms with van der Waals surface area (Å²) in [6.07, 6.45) is 1.93. The van der Waals surface area contributed by atoms with E-state index in [2.05, 4.69) is 11.2 Å². The number of amides is 1. The molecule has 0 saturated carbocycles. The topological polar surface area (TPSA) is 61.9 Å². The van der Waals surface area contributed by atoms with Crippen molar-refractivity contribution in [2.45, 2.75) is 32.7 Å². The van der Waals surface area contributed by atoms with Gasteiger partial charge in [-0.3, -0.25) is 9.48 Å². The number of carbonyl (C=O) groups is 1. The van der Waals surface area contributed by atoms with Crippen molar-refractivity contribution >= 4 is 17.2 Å². The lowest BCUT2D eigenvalue weighted by molar-refractivity contribution is 0.0739. The number of thiophene rings is 1. The van der Waals surface area contributed by atoms with Crippen LogP contribution in [0.4, 0.5) is 0 Å². The number of likely N-dealkylation sites (tertiary alicyclic amines) is 1. The first kappa shape index (κ1) is 14.8. The standard InChI is InChI=1S/C16H18N4OS/c1-10-14(11(2)19(3)18-10)13-5-4-7-20(13)16(21)15-12(9-17)6-8-22-15/h6,8,13H,4-5,7H2,1-3H3/t13-/m1/s1. The number of nitriles is 1. The second-order valence-corrected chi connectivity index (χ2v) is 6.56. The van der Waals surface area contributed by atoms with E-state index in [0.717, 1.165) is 36.3 Å². The molecule has 1 aliphatic heterocycles. The van der Waals surface area contributed by atoms with Crippen LogP contribution < -0.4 is 0 Å². The molecule has 1 atom stereocenters. The third kappa shape index (κ3) is 2.22. The molecule has 0 aliphatic carbocycles. The van der Waals surface area contributed by atoms with Crippen LogP contribution in [0.3, 0.4) is 0 Å². The van der Waals surface area contributed by atoms with Crippen molar-refractivity contribution in [1.29, 1.82) is 5.26 Å². The van der Waals surface area contributed by atoms with Gasteiger partial charge in [0.2, 0.25) is 0 Å². The summed E-state index contributed by atoms with van der Waals surface area (Å²) in [5.41, 5.74) is 3.72. The van der Waals surface area contributed by atoms with E-state index in [0.29, 0.717) is 10.4 Å². The molecule has 5 nitrogen and oxygen atoms in total. The third-order valence-electron chi connectivity index (χ3n) is 4.39. The molecule has 1 saturated heterocycles. The van der Waals surface area contributed by atoms with Gasteiger partial charge in [0.1, 0.15) is 10.9 Å². The molecule has 2 aromatic heterocycles. The van der Waals surface area contributed by atoms with Crippen LogP contribution in [0, 0.1) is 25.2 Å². The van der Waals surface area contributed by atoms with E-state index < -0.39 is 0 Å². The molecular weight excluding hydrogens is 296 g/mol. The van der Waals surface area contributed by atoms with Crippen LogP contribution in [-0.2, 0) is 7.05 Å². The van der Waals surface area contributed by atoms with E-state index >= 15 is 0 Å².